The Hall–Kier alpha value is -0.180. The summed E-state index contributed by atoms with van der Waals surface area (Å²) in [6.45, 7) is 0. The first kappa shape index (κ1) is 14.9. The van der Waals surface area contributed by atoms with E-state index in [9.17, 15) is 16.8 Å². The van der Waals surface area contributed by atoms with Gasteiger partial charge in [-0.2, -0.15) is 8.42 Å². The molecule has 0 N–H and O–H groups in total. The third-order valence-corrected chi connectivity index (χ3v) is 4.96. The summed E-state index contributed by atoms with van der Waals surface area (Å²) in [5, 5.41) is 0. The fourth-order valence-corrected chi connectivity index (χ4v) is 3.46. The second-order valence-electron chi connectivity index (χ2n) is 4.51. The van der Waals surface area contributed by atoms with Crippen LogP contribution in [-0.4, -0.2) is 52.8 Å². The molecule has 102 valence electrons. The molecule has 0 spiro atoms. The van der Waals surface area contributed by atoms with Gasteiger partial charge in [0.1, 0.15) is 0 Å². The molecule has 1 rings (SSSR count). The molecule has 0 heterocycles. The Morgan fingerprint density at radius 1 is 1.00 bits per heavy atom. The lowest BCUT2D eigenvalue weighted by Gasteiger charge is -2.32. The summed E-state index contributed by atoms with van der Waals surface area (Å²) in [6, 6.07) is -0.0515. The van der Waals surface area contributed by atoms with Gasteiger partial charge in [-0.1, -0.05) is 0 Å². The molecule has 0 aromatic heterocycles. The molecule has 0 radical (unpaired) electrons. The third-order valence-electron chi connectivity index (χ3n) is 2.99. The van der Waals surface area contributed by atoms with E-state index < -0.39 is 20.1 Å². The lowest BCUT2D eigenvalue weighted by atomic mass is 9.93. The van der Waals surface area contributed by atoms with Crippen molar-refractivity contribution in [2.75, 3.05) is 19.6 Å². The maximum Gasteiger partial charge on any atom is 0.264 e. The van der Waals surface area contributed by atoms with Crippen LogP contribution in [0.4, 0.5) is 0 Å². The Balaban J connectivity index is 2.52. The van der Waals surface area contributed by atoms with Crippen molar-refractivity contribution in [3.63, 3.8) is 0 Å². The van der Waals surface area contributed by atoms with Crippen LogP contribution >= 0.6 is 0 Å². The SMILES string of the molecule is CN([C@H]1CC[C@@H](OS(C)(=O)=O)CC1)S(C)(=O)=O. The topological polar surface area (TPSA) is 80.8 Å². The van der Waals surface area contributed by atoms with E-state index in [4.69, 9.17) is 4.18 Å². The first-order valence-electron chi connectivity index (χ1n) is 5.41. The highest BCUT2D eigenvalue weighted by molar-refractivity contribution is 7.88. The Labute approximate surface area is 103 Å². The van der Waals surface area contributed by atoms with Crippen LogP contribution in [0.15, 0.2) is 0 Å². The summed E-state index contributed by atoms with van der Waals surface area (Å²) < 4.78 is 50.8. The van der Waals surface area contributed by atoms with E-state index in [1.807, 2.05) is 0 Å². The molecule has 0 bridgehead atoms. The van der Waals surface area contributed by atoms with Crippen LogP contribution < -0.4 is 0 Å². The summed E-state index contributed by atoms with van der Waals surface area (Å²) in [5.74, 6) is 0. The summed E-state index contributed by atoms with van der Waals surface area (Å²) in [7, 11) is -5.05. The highest BCUT2D eigenvalue weighted by atomic mass is 32.2. The summed E-state index contributed by atoms with van der Waals surface area (Å²) >= 11 is 0. The zero-order valence-corrected chi connectivity index (χ0v) is 11.9. The highest BCUT2D eigenvalue weighted by Gasteiger charge is 2.29. The van der Waals surface area contributed by atoms with Gasteiger partial charge in [0.2, 0.25) is 10.0 Å². The van der Waals surface area contributed by atoms with E-state index in [0.717, 1.165) is 6.26 Å². The molecule has 0 aromatic rings. The van der Waals surface area contributed by atoms with Crippen molar-refractivity contribution >= 4 is 20.1 Å². The molecule has 1 aliphatic carbocycles. The Kier molecular flexibility index (Phi) is 4.56. The van der Waals surface area contributed by atoms with E-state index in [1.165, 1.54) is 10.6 Å². The van der Waals surface area contributed by atoms with Crippen molar-refractivity contribution in [3.05, 3.63) is 0 Å². The minimum absolute atomic E-state index is 0.0515. The quantitative estimate of drug-likeness (QED) is 0.688. The average molecular weight is 285 g/mol. The molecule has 0 amide bonds. The van der Waals surface area contributed by atoms with Crippen LogP contribution in [0.2, 0.25) is 0 Å². The van der Waals surface area contributed by atoms with Gasteiger partial charge in [-0.15, -0.1) is 0 Å². The number of rotatable bonds is 4. The number of hydrogen-bond donors (Lipinski definition) is 0. The van der Waals surface area contributed by atoms with Crippen LogP contribution in [0, 0.1) is 0 Å². The van der Waals surface area contributed by atoms with Gasteiger partial charge in [-0.25, -0.2) is 12.7 Å². The van der Waals surface area contributed by atoms with Crippen molar-refractivity contribution in [2.24, 2.45) is 0 Å². The molecule has 8 heteroatoms. The van der Waals surface area contributed by atoms with Crippen LogP contribution in [-0.2, 0) is 24.3 Å². The first-order valence-corrected chi connectivity index (χ1v) is 9.07. The van der Waals surface area contributed by atoms with E-state index in [2.05, 4.69) is 0 Å². The molecule has 0 aromatic carbocycles. The van der Waals surface area contributed by atoms with Crippen LogP contribution in [0.5, 0.6) is 0 Å². The number of sulfonamides is 1. The summed E-state index contributed by atoms with van der Waals surface area (Å²) in [5.41, 5.74) is 0. The van der Waals surface area contributed by atoms with Crippen molar-refractivity contribution in [1.29, 1.82) is 0 Å². The average Bonchev–Trinajstić information content (AvgIpc) is 2.14. The Morgan fingerprint density at radius 2 is 1.47 bits per heavy atom. The highest BCUT2D eigenvalue weighted by Crippen LogP contribution is 2.26. The van der Waals surface area contributed by atoms with Gasteiger partial charge in [0.25, 0.3) is 10.1 Å². The van der Waals surface area contributed by atoms with Crippen molar-refractivity contribution in [3.8, 4) is 0 Å². The van der Waals surface area contributed by atoms with E-state index in [0.29, 0.717) is 25.7 Å². The van der Waals surface area contributed by atoms with Crippen molar-refractivity contribution in [2.45, 2.75) is 37.8 Å². The molecule has 6 nitrogen and oxygen atoms in total. The van der Waals surface area contributed by atoms with E-state index in [-0.39, 0.29) is 12.1 Å². The van der Waals surface area contributed by atoms with Gasteiger partial charge in [-0.3, -0.25) is 4.18 Å². The zero-order chi connectivity index (χ0) is 13.3. The molecule has 1 aliphatic rings. The second-order valence-corrected chi connectivity index (χ2v) is 8.15. The lowest BCUT2D eigenvalue weighted by molar-refractivity contribution is 0.132. The van der Waals surface area contributed by atoms with Gasteiger partial charge in [-0.05, 0) is 25.7 Å². The lowest BCUT2D eigenvalue weighted by Crippen LogP contribution is -2.40. The Morgan fingerprint density at radius 3 is 1.82 bits per heavy atom. The molecule has 1 saturated carbocycles. The van der Waals surface area contributed by atoms with Crippen LogP contribution in [0.1, 0.15) is 25.7 Å². The van der Waals surface area contributed by atoms with Crippen LogP contribution in [0.3, 0.4) is 0 Å². The van der Waals surface area contributed by atoms with Gasteiger partial charge < -0.3 is 0 Å². The fraction of sp³-hybridized carbons (Fsp3) is 1.00. The summed E-state index contributed by atoms with van der Waals surface area (Å²) in [6.07, 6.45) is 4.28. The largest absolute Gasteiger partial charge is 0.267 e. The van der Waals surface area contributed by atoms with Gasteiger partial charge >= 0.3 is 0 Å². The Bertz CT molecular complexity index is 448. The van der Waals surface area contributed by atoms with E-state index in [1.54, 1.807) is 7.05 Å². The second kappa shape index (κ2) is 5.21. The molecule has 0 aliphatic heterocycles. The number of nitrogens with zero attached hydrogens (tertiary/aromatic N) is 1. The molecule has 0 atom stereocenters. The monoisotopic (exact) mass is 285 g/mol. The maximum atomic E-state index is 11.3. The fourth-order valence-electron chi connectivity index (χ4n) is 2.02. The van der Waals surface area contributed by atoms with E-state index >= 15 is 0 Å². The van der Waals surface area contributed by atoms with Gasteiger partial charge in [0.15, 0.2) is 0 Å². The minimum Gasteiger partial charge on any atom is -0.267 e. The van der Waals surface area contributed by atoms with Gasteiger partial charge in [0.05, 0.1) is 18.6 Å². The maximum absolute atomic E-state index is 11.3. The van der Waals surface area contributed by atoms with Crippen molar-refractivity contribution in [1.82, 2.24) is 4.31 Å². The number of hydrogen-bond acceptors (Lipinski definition) is 5. The molecule has 0 saturated heterocycles. The van der Waals surface area contributed by atoms with Gasteiger partial charge in [0, 0.05) is 13.1 Å². The molecule has 1 fully saturated rings. The van der Waals surface area contributed by atoms with Crippen LogP contribution in [0.25, 0.3) is 0 Å². The zero-order valence-electron chi connectivity index (χ0n) is 10.3. The predicted molar refractivity (Wildman–Crippen MR) is 64.6 cm³/mol. The molecular formula is C9H19NO5S2. The molecule has 0 unspecified atom stereocenters. The minimum atomic E-state index is -3.42. The normalized spacial score (nSPS) is 27.3. The standard InChI is InChI=1S/C9H19NO5S2/c1-10(16(2,11)12)8-4-6-9(7-5-8)15-17(3,13)14/h8-9H,4-7H2,1-3H3/t8-,9+. The predicted octanol–water partition coefficient (Wildman–Crippen LogP) is 0.165. The molecule has 17 heavy (non-hydrogen) atoms. The first-order chi connectivity index (χ1) is 7.59. The third kappa shape index (κ3) is 4.90. The van der Waals surface area contributed by atoms with Crippen molar-refractivity contribution < 1.29 is 21.0 Å². The summed E-state index contributed by atoms with van der Waals surface area (Å²) in [4.78, 5) is 0. The smallest absolute Gasteiger partial charge is 0.264 e. The molecular weight excluding hydrogens is 266 g/mol.